The van der Waals surface area contributed by atoms with E-state index in [9.17, 15) is 8.42 Å². The predicted octanol–water partition coefficient (Wildman–Crippen LogP) is 2.42. The lowest BCUT2D eigenvalue weighted by Crippen LogP contribution is -2.20. The lowest BCUT2D eigenvalue weighted by molar-refractivity contribution is 0.614. The van der Waals surface area contributed by atoms with Crippen molar-refractivity contribution in [1.82, 2.24) is 0 Å². The van der Waals surface area contributed by atoms with E-state index < -0.39 is 18.6 Å². The van der Waals surface area contributed by atoms with Gasteiger partial charge in [-0.3, -0.25) is 0 Å². The van der Waals surface area contributed by atoms with Crippen molar-refractivity contribution in [3.05, 3.63) is 84.9 Å². The summed E-state index contributed by atoms with van der Waals surface area (Å²) >= 11 is 0. The molecule has 4 heteroatoms. The van der Waals surface area contributed by atoms with E-state index in [0.29, 0.717) is 4.90 Å². The Kier molecular flexibility index (Phi) is 4.67. The SMILES string of the molecule is O=[SH](=O)c1cccc(P(c2ccccc2)c2ccccc2)c1. The average molecular weight is 326 g/mol. The Balaban J connectivity index is 2.16. The van der Waals surface area contributed by atoms with Gasteiger partial charge < -0.3 is 0 Å². The molecule has 0 atom stereocenters. The Bertz CT molecular complexity index is 782. The van der Waals surface area contributed by atoms with Crippen LogP contribution >= 0.6 is 7.92 Å². The Hall–Kier alpha value is -1.96. The fourth-order valence-electron chi connectivity index (χ4n) is 2.35. The van der Waals surface area contributed by atoms with Crippen molar-refractivity contribution < 1.29 is 8.42 Å². The molecule has 22 heavy (non-hydrogen) atoms. The molecule has 0 amide bonds. The monoisotopic (exact) mass is 326 g/mol. The molecule has 0 saturated carbocycles. The quantitative estimate of drug-likeness (QED) is 0.590. The molecular formula is C18H15O2PS. The highest BCUT2D eigenvalue weighted by molar-refractivity contribution is 7.80. The molecule has 3 aromatic rings. The zero-order valence-electron chi connectivity index (χ0n) is 11.8. The maximum atomic E-state index is 11.3. The van der Waals surface area contributed by atoms with Crippen LogP contribution in [0.4, 0.5) is 0 Å². The molecule has 0 aliphatic rings. The normalized spacial score (nSPS) is 11.0. The molecule has 0 spiro atoms. The van der Waals surface area contributed by atoms with Gasteiger partial charge in [-0.25, -0.2) is 8.42 Å². The van der Waals surface area contributed by atoms with Gasteiger partial charge in [-0.2, -0.15) is 0 Å². The third-order valence-electron chi connectivity index (χ3n) is 3.33. The summed E-state index contributed by atoms with van der Waals surface area (Å²) in [4.78, 5) is 0.367. The molecule has 110 valence electrons. The maximum absolute atomic E-state index is 11.3. The average Bonchev–Trinajstić information content (AvgIpc) is 2.57. The molecule has 3 rings (SSSR count). The molecule has 0 aliphatic carbocycles. The van der Waals surface area contributed by atoms with Crippen LogP contribution < -0.4 is 15.9 Å². The second-order valence-corrected chi connectivity index (χ2v) is 8.03. The Morgan fingerprint density at radius 1 is 0.591 bits per heavy atom. The summed E-state index contributed by atoms with van der Waals surface area (Å²) in [6, 6.07) is 27.7. The van der Waals surface area contributed by atoms with Gasteiger partial charge in [0.2, 0.25) is 0 Å². The van der Waals surface area contributed by atoms with Crippen molar-refractivity contribution in [2.45, 2.75) is 4.90 Å². The van der Waals surface area contributed by atoms with Crippen LogP contribution in [0.15, 0.2) is 89.8 Å². The highest BCUT2D eigenvalue weighted by Gasteiger charge is 2.16. The summed E-state index contributed by atoms with van der Waals surface area (Å²) in [7, 11) is -3.32. The van der Waals surface area contributed by atoms with Crippen molar-refractivity contribution in [1.29, 1.82) is 0 Å². The fourth-order valence-corrected chi connectivity index (χ4v) is 5.24. The van der Waals surface area contributed by atoms with E-state index in [0.717, 1.165) is 5.30 Å². The van der Waals surface area contributed by atoms with E-state index in [4.69, 9.17) is 0 Å². The lowest BCUT2D eigenvalue weighted by atomic mass is 10.3. The molecule has 0 fully saturated rings. The largest absolute Gasteiger partial charge is 0.227 e. The summed E-state index contributed by atoms with van der Waals surface area (Å²) in [6.45, 7) is 0. The van der Waals surface area contributed by atoms with Gasteiger partial charge in [0, 0.05) is 0 Å². The summed E-state index contributed by atoms with van der Waals surface area (Å²) in [5, 5.41) is 3.47. The molecule has 0 radical (unpaired) electrons. The smallest absolute Gasteiger partial charge is 0.168 e. The lowest BCUT2D eigenvalue weighted by Gasteiger charge is -2.19. The fraction of sp³-hybridized carbons (Fsp3) is 0. The molecule has 0 heterocycles. The minimum absolute atomic E-state index is 0.367. The van der Waals surface area contributed by atoms with Crippen LogP contribution in [0.3, 0.4) is 0 Å². The first-order valence-corrected chi connectivity index (χ1v) is 9.42. The first kappa shape index (κ1) is 15.0. The molecule has 0 aliphatic heterocycles. The van der Waals surface area contributed by atoms with Crippen LogP contribution in [0.2, 0.25) is 0 Å². The molecule has 0 unspecified atom stereocenters. The number of thiol groups is 1. The molecule has 3 aromatic carbocycles. The molecule has 0 aromatic heterocycles. The van der Waals surface area contributed by atoms with Crippen LogP contribution in [0.25, 0.3) is 0 Å². The zero-order chi connectivity index (χ0) is 15.4. The molecule has 0 N–H and O–H groups in total. The standard InChI is InChI=1S/C18H15O2PS/c19-22(20)18-13-7-12-17(14-18)21(15-8-3-1-4-9-15)16-10-5-2-6-11-16/h1-14,22H. The maximum Gasteiger partial charge on any atom is 0.168 e. The predicted molar refractivity (Wildman–Crippen MR) is 93.7 cm³/mol. The third-order valence-corrected chi connectivity index (χ3v) is 6.45. The van der Waals surface area contributed by atoms with Crippen molar-refractivity contribution in [3.63, 3.8) is 0 Å². The van der Waals surface area contributed by atoms with Gasteiger partial charge in [0.05, 0.1) is 4.90 Å². The highest BCUT2D eigenvalue weighted by atomic mass is 32.2. The van der Waals surface area contributed by atoms with E-state index in [2.05, 4.69) is 24.3 Å². The van der Waals surface area contributed by atoms with Crippen LogP contribution in [0, 0.1) is 0 Å². The zero-order valence-corrected chi connectivity index (χ0v) is 13.6. The summed E-state index contributed by atoms with van der Waals surface area (Å²) in [6.07, 6.45) is 0. The molecule has 0 saturated heterocycles. The first-order chi connectivity index (χ1) is 10.8. The Morgan fingerprint density at radius 3 is 1.59 bits per heavy atom. The van der Waals surface area contributed by atoms with Gasteiger partial charge in [-0.15, -0.1) is 0 Å². The van der Waals surface area contributed by atoms with Crippen LogP contribution in [0.5, 0.6) is 0 Å². The number of hydrogen-bond donors (Lipinski definition) is 1. The first-order valence-electron chi connectivity index (χ1n) is 6.90. The second-order valence-electron chi connectivity index (χ2n) is 4.78. The minimum atomic E-state index is -2.56. The highest BCUT2D eigenvalue weighted by Crippen LogP contribution is 2.32. The molecule has 0 bridgehead atoms. The van der Waals surface area contributed by atoms with Crippen LogP contribution in [-0.4, -0.2) is 8.42 Å². The third kappa shape index (κ3) is 3.27. The summed E-state index contributed by atoms with van der Waals surface area (Å²) < 4.78 is 22.6. The second kappa shape index (κ2) is 6.87. The van der Waals surface area contributed by atoms with E-state index in [-0.39, 0.29) is 0 Å². The minimum Gasteiger partial charge on any atom is -0.227 e. The number of rotatable bonds is 4. The van der Waals surface area contributed by atoms with Gasteiger partial charge in [-0.1, -0.05) is 72.8 Å². The number of benzene rings is 3. The molecule has 2 nitrogen and oxygen atoms in total. The van der Waals surface area contributed by atoms with Gasteiger partial charge >= 0.3 is 0 Å². The van der Waals surface area contributed by atoms with E-state index >= 15 is 0 Å². The van der Waals surface area contributed by atoms with Crippen molar-refractivity contribution in [3.8, 4) is 0 Å². The van der Waals surface area contributed by atoms with E-state index in [1.807, 2.05) is 48.5 Å². The Labute approximate surface area is 133 Å². The summed E-state index contributed by atoms with van der Waals surface area (Å²) in [5.74, 6) is 0. The van der Waals surface area contributed by atoms with Crippen molar-refractivity contribution >= 4 is 34.5 Å². The Morgan fingerprint density at radius 2 is 1.09 bits per heavy atom. The van der Waals surface area contributed by atoms with E-state index in [1.54, 1.807) is 12.1 Å². The number of hydrogen-bond acceptors (Lipinski definition) is 2. The van der Waals surface area contributed by atoms with Gasteiger partial charge in [-0.05, 0) is 36.0 Å². The molecular weight excluding hydrogens is 311 g/mol. The summed E-state index contributed by atoms with van der Waals surface area (Å²) in [5.41, 5.74) is 0. The topological polar surface area (TPSA) is 34.1 Å². The van der Waals surface area contributed by atoms with Crippen molar-refractivity contribution in [2.75, 3.05) is 0 Å². The van der Waals surface area contributed by atoms with Gasteiger partial charge in [0.25, 0.3) is 0 Å². The van der Waals surface area contributed by atoms with Gasteiger partial charge in [0.1, 0.15) is 0 Å². The van der Waals surface area contributed by atoms with Crippen LogP contribution in [0.1, 0.15) is 0 Å². The van der Waals surface area contributed by atoms with E-state index in [1.165, 1.54) is 10.6 Å². The van der Waals surface area contributed by atoms with Gasteiger partial charge in [0.15, 0.2) is 10.7 Å². The van der Waals surface area contributed by atoms with Crippen LogP contribution in [-0.2, 0) is 10.7 Å². The van der Waals surface area contributed by atoms with Crippen molar-refractivity contribution in [2.24, 2.45) is 0 Å².